The van der Waals surface area contributed by atoms with E-state index in [2.05, 4.69) is 15.8 Å². The van der Waals surface area contributed by atoms with Crippen LogP contribution in [-0.2, 0) is 0 Å². The van der Waals surface area contributed by atoms with Crippen LogP contribution < -0.4 is 20.2 Å². The summed E-state index contributed by atoms with van der Waals surface area (Å²) < 4.78 is 11.2. The van der Waals surface area contributed by atoms with Crippen LogP contribution in [0.5, 0.6) is 11.5 Å². The van der Waals surface area contributed by atoms with Gasteiger partial charge in [-0.25, -0.2) is 0 Å². The molecule has 2 N–H and O–H groups in total. The van der Waals surface area contributed by atoms with Crippen molar-refractivity contribution in [1.29, 1.82) is 0 Å². The van der Waals surface area contributed by atoms with Gasteiger partial charge in [0.2, 0.25) is 0 Å². The summed E-state index contributed by atoms with van der Waals surface area (Å²) in [5.74, 6) is 1.21. The average Bonchev–Trinajstić information content (AvgIpc) is 2.78. The second kappa shape index (κ2) is 11.3. The fourth-order valence-corrected chi connectivity index (χ4v) is 2.68. The molecule has 0 heterocycles. The van der Waals surface area contributed by atoms with Crippen molar-refractivity contribution in [3.63, 3.8) is 0 Å². The maximum absolute atomic E-state index is 10.7. The van der Waals surface area contributed by atoms with E-state index in [1.807, 2.05) is 54.6 Å². The van der Waals surface area contributed by atoms with Crippen molar-refractivity contribution >= 4 is 34.9 Å². The van der Waals surface area contributed by atoms with Gasteiger partial charge in [-0.1, -0.05) is 30.3 Å². The Morgan fingerprint density at radius 1 is 0.968 bits per heavy atom. The number of hydrogen-bond donors (Lipinski definition) is 2. The van der Waals surface area contributed by atoms with Gasteiger partial charge in [0.05, 0.1) is 11.1 Å². The molecule has 0 radical (unpaired) electrons. The molecule has 0 spiro atoms. The van der Waals surface area contributed by atoms with Crippen LogP contribution in [-0.4, -0.2) is 29.5 Å². The fourth-order valence-electron chi connectivity index (χ4n) is 2.51. The number of non-ortho nitro benzene ring substituents is 1. The lowest BCUT2D eigenvalue weighted by Gasteiger charge is -2.09. The maximum atomic E-state index is 10.7. The van der Waals surface area contributed by atoms with E-state index in [9.17, 15) is 10.1 Å². The number of benzene rings is 3. The summed E-state index contributed by atoms with van der Waals surface area (Å²) in [5, 5.41) is 18.2. The number of thiocarbonyl (C=S) groups is 1. The monoisotopic (exact) mass is 436 g/mol. The molecule has 0 bridgehead atoms. The molecule has 0 aliphatic heterocycles. The van der Waals surface area contributed by atoms with Gasteiger partial charge < -0.3 is 14.8 Å². The molecule has 0 atom stereocenters. The molecule has 0 saturated carbocycles. The Kier molecular flexibility index (Phi) is 7.90. The van der Waals surface area contributed by atoms with Crippen LogP contribution in [0, 0.1) is 10.1 Å². The summed E-state index contributed by atoms with van der Waals surface area (Å²) in [5.41, 5.74) is 4.50. The second-order valence-corrected chi connectivity index (χ2v) is 6.62. The quantitative estimate of drug-likeness (QED) is 0.169. The maximum Gasteiger partial charge on any atom is 0.269 e. The van der Waals surface area contributed by atoms with Gasteiger partial charge in [-0.15, -0.1) is 0 Å². The van der Waals surface area contributed by atoms with Gasteiger partial charge in [0.1, 0.15) is 24.7 Å². The zero-order valence-corrected chi connectivity index (χ0v) is 17.2. The van der Waals surface area contributed by atoms with Gasteiger partial charge in [0.15, 0.2) is 5.11 Å². The van der Waals surface area contributed by atoms with Crippen LogP contribution in [0.2, 0.25) is 0 Å². The topological polar surface area (TPSA) is 98.0 Å². The molecule has 0 unspecified atom stereocenters. The molecule has 158 valence electrons. The standard InChI is InChI=1S/C22H20N4O4S/c27-26(28)19-9-11-20(12-10-19)29-13-14-30-21-8-4-5-17(15-21)16-23-25-22(31)24-18-6-2-1-3-7-18/h1-12,15-16H,13-14H2,(H2,24,25,31). The summed E-state index contributed by atoms with van der Waals surface area (Å²) in [6.45, 7) is 0.623. The van der Waals surface area contributed by atoms with Gasteiger partial charge in [-0.2, -0.15) is 5.10 Å². The number of nitro benzene ring substituents is 1. The Morgan fingerprint density at radius 3 is 2.39 bits per heavy atom. The largest absolute Gasteiger partial charge is 0.490 e. The molecular weight excluding hydrogens is 416 g/mol. The third kappa shape index (κ3) is 7.41. The van der Waals surface area contributed by atoms with Crippen molar-refractivity contribution in [1.82, 2.24) is 5.43 Å². The number of nitrogens with one attached hydrogen (secondary N) is 2. The molecule has 0 saturated heterocycles. The minimum atomic E-state index is -0.452. The predicted molar refractivity (Wildman–Crippen MR) is 124 cm³/mol. The Bertz CT molecular complexity index is 1040. The molecule has 8 nitrogen and oxygen atoms in total. The molecule has 3 rings (SSSR count). The lowest BCUT2D eigenvalue weighted by molar-refractivity contribution is -0.384. The smallest absolute Gasteiger partial charge is 0.269 e. The van der Waals surface area contributed by atoms with Gasteiger partial charge in [-0.05, 0) is 54.2 Å². The van der Waals surface area contributed by atoms with Crippen molar-refractivity contribution in [2.75, 3.05) is 18.5 Å². The highest BCUT2D eigenvalue weighted by atomic mass is 32.1. The van der Waals surface area contributed by atoms with Gasteiger partial charge >= 0.3 is 0 Å². The number of nitro groups is 1. The van der Waals surface area contributed by atoms with E-state index in [1.54, 1.807) is 18.3 Å². The van der Waals surface area contributed by atoms with Gasteiger partial charge in [-0.3, -0.25) is 15.5 Å². The van der Waals surface area contributed by atoms with Crippen molar-refractivity contribution in [3.05, 3.63) is 94.5 Å². The molecule has 0 amide bonds. The highest BCUT2D eigenvalue weighted by Gasteiger charge is 2.04. The Morgan fingerprint density at radius 2 is 1.68 bits per heavy atom. The average molecular weight is 436 g/mol. The van der Waals surface area contributed by atoms with Crippen molar-refractivity contribution < 1.29 is 14.4 Å². The molecule has 0 aliphatic carbocycles. The van der Waals surface area contributed by atoms with Crippen LogP contribution in [0.25, 0.3) is 0 Å². The van der Waals surface area contributed by atoms with Crippen LogP contribution in [0.15, 0.2) is 84.0 Å². The first kappa shape index (κ1) is 21.7. The van der Waals surface area contributed by atoms with E-state index >= 15 is 0 Å². The van der Waals surface area contributed by atoms with E-state index in [4.69, 9.17) is 21.7 Å². The van der Waals surface area contributed by atoms with E-state index in [0.29, 0.717) is 29.8 Å². The summed E-state index contributed by atoms with van der Waals surface area (Å²) in [4.78, 5) is 10.2. The first-order valence-electron chi connectivity index (χ1n) is 9.35. The number of anilines is 1. The molecule has 0 aromatic heterocycles. The first-order chi connectivity index (χ1) is 15.1. The molecular formula is C22H20N4O4S. The van der Waals surface area contributed by atoms with Crippen LogP contribution in [0.3, 0.4) is 0 Å². The van der Waals surface area contributed by atoms with Gasteiger partial charge in [0, 0.05) is 17.8 Å². The molecule has 0 aliphatic rings. The SMILES string of the molecule is O=[N+]([O-])c1ccc(OCCOc2cccc(C=NNC(=S)Nc3ccccc3)c2)cc1. The Hall–Kier alpha value is -3.98. The van der Waals surface area contributed by atoms with E-state index in [0.717, 1.165) is 11.3 Å². The summed E-state index contributed by atoms with van der Waals surface area (Å²) in [7, 11) is 0. The number of rotatable bonds is 9. The number of para-hydroxylation sites is 1. The highest BCUT2D eigenvalue weighted by Crippen LogP contribution is 2.17. The van der Waals surface area contributed by atoms with E-state index < -0.39 is 4.92 Å². The second-order valence-electron chi connectivity index (χ2n) is 6.21. The Balaban J connectivity index is 1.41. The van der Waals surface area contributed by atoms with Crippen molar-refractivity contribution in [2.24, 2.45) is 5.10 Å². The number of hydrogen-bond acceptors (Lipinski definition) is 6. The third-order valence-corrected chi connectivity index (χ3v) is 4.13. The minimum absolute atomic E-state index is 0.0215. The van der Waals surface area contributed by atoms with E-state index in [-0.39, 0.29) is 5.69 Å². The number of hydrazone groups is 1. The molecule has 3 aromatic rings. The van der Waals surface area contributed by atoms with Crippen molar-refractivity contribution in [2.45, 2.75) is 0 Å². The predicted octanol–water partition coefficient (Wildman–Crippen LogP) is 4.37. The normalized spacial score (nSPS) is 10.5. The number of nitrogens with zero attached hydrogens (tertiary/aromatic N) is 2. The zero-order valence-electron chi connectivity index (χ0n) is 16.4. The lowest BCUT2D eigenvalue weighted by Crippen LogP contribution is -2.23. The summed E-state index contributed by atoms with van der Waals surface area (Å²) >= 11 is 5.20. The highest BCUT2D eigenvalue weighted by molar-refractivity contribution is 7.80. The molecule has 0 fully saturated rings. The zero-order chi connectivity index (χ0) is 21.9. The first-order valence-corrected chi connectivity index (χ1v) is 9.76. The fraction of sp³-hybridized carbons (Fsp3) is 0.0909. The summed E-state index contributed by atoms with van der Waals surface area (Å²) in [6.07, 6.45) is 1.64. The summed E-state index contributed by atoms with van der Waals surface area (Å²) in [6, 6.07) is 22.9. The van der Waals surface area contributed by atoms with Crippen LogP contribution >= 0.6 is 12.2 Å². The number of ether oxygens (including phenoxy) is 2. The van der Waals surface area contributed by atoms with E-state index in [1.165, 1.54) is 12.1 Å². The van der Waals surface area contributed by atoms with Crippen LogP contribution in [0.1, 0.15) is 5.56 Å². The third-order valence-electron chi connectivity index (χ3n) is 3.94. The lowest BCUT2D eigenvalue weighted by atomic mass is 10.2. The Labute approximate surface area is 184 Å². The minimum Gasteiger partial charge on any atom is -0.490 e. The molecule has 3 aromatic carbocycles. The van der Waals surface area contributed by atoms with Crippen molar-refractivity contribution in [3.8, 4) is 11.5 Å². The van der Waals surface area contributed by atoms with Crippen LogP contribution in [0.4, 0.5) is 11.4 Å². The molecule has 9 heteroatoms. The van der Waals surface area contributed by atoms with Gasteiger partial charge in [0.25, 0.3) is 5.69 Å². The molecule has 31 heavy (non-hydrogen) atoms.